The van der Waals surface area contributed by atoms with Gasteiger partial charge in [0, 0.05) is 7.05 Å². The molecule has 4 nitrogen and oxygen atoms in total. The molecule has 0 aromatic carbocycles. The summed E-state index contributed by atoms with van der Waals surface area (Å²) < 4.78 is 6.99. The van der Waals surface area contributed by atoms with Gasteiger partial charge in [-0.2, -0.15) is 5.10 Å². The van der Waals surface area contributed by atoms with Crippen molar-refractivity contribution in [1.29, 1.82) is 0 Å². The minimum atomic E-state index is -0.585. The van der Waals surface area contributed by atoms with Crippen molar-refractivity contribution in [1.82, 2.24) is 9.78 Å². The highest BCUT2D eigenvalue weighted by molar-refractivity contribution is 5.22. The van der Waals surface area contributed by atoms with Crippen molar-refractivity contribution in [2.45, 2.75) is 32.3 Å². The third kappa shape index (κ3) is 2.11. The Bertz CT molecular complexity index is 396. The molecule has 1 unspecified atom stereocenters. The van der Waals surface area contributed by atoms with E-state index in [0.29, 0.717) is 0 Å². The summed E-state index contributed by atoms with van der Waals surface area (Å²) in [5.41, 5.74) is 2.79. The van der Waals surface area contributed by atoms with Crippen LogP contribution in [0, 0.1) is 0 Å². The minimum Gasteiger partial charge on any atom is -0.501 e. The lowest BCUT2D eigenvalue weighted by atomic mass is 10.0. The Morgan fingerprint density at radius 1 is 1.62 bits per heavy atom. The number of aromatic nitrogens is 2. The number of nitrogens with zero attached hydrogens (tertiary/aromatic N) is 2. The monoisotopic (exact) mass is 222 g/mol. The van der Waals surface area contributed by atoms with Gasteiger partial charge in [-0.1, -0.05) is 6.92 Å². The van der Waals surface area contributed by atoms with Gasteiger partial charge in [-0.15, -0.1) is 0 Å². The standard InChI is InChI=1S/C12H18N2O2/c1-3-10-7-11(14(2)13-10)12(15)9-5-4-6-16-8-9/h7-8,12,15H,3-6H2,1-2H3. The van der Waals surface area contributed by atoms with E-state index in [2.05, 4.69) is 12.0 Å². The van der Waals surface area contributed by atoms with Crippen LogP contribution in [-0.4, -0.2) is 21.5 Å². The van der Waals surface area contributed by atoms with Crippen LogP contribution in [0.3, 0.4) is 0 Å². The Morgan fingerprint density at radius 2 is 2.44 bits per heavy atom. The first-order chi connectivity index (χ1) is 7.72. The van der Waals surface area contributed by atoms with Crippen molar-refractivity contribution in [3.8, 4) is 0 Å². The maximum absolute atomic E-state index is 10.2. The zero-order valence-electron chi connectivity index (χ0n) is 9.81. The van der Waals surface area contributed by atoms with E-state index in [1.54, 1.807) is 10.9 Å². The molecule has 0 radical (unpaired) electrons. The lowest BCUT2D eigenvalue weighted by Gasteiger charge is -2.18. The maximum atomic E-state index is 10.2. The molecule has 0 fully saturated rings. The van der Waals surface area contributed by atoms with Crippen LogP contribution in [0.1, 0.15) is 37.3 Å². The molecule has 88 valence electrons. The lowest BCUT2D eigenvalue weighted by molar-refractivity contribution is 0.164. The van der Waals surface area contributed by atoms with E-state index in [0.717, 1.165) is 42.8 Å². The molecule has 1 aromatic heterocycles. The molecule has 0 aliphatic carbocycles. The quantitative estimate of drug-likeness (QED) is 0.847. The first-order valence-electron chi connectivity index (χ1n) is 5.73. The minimum absolute atomic E-state index is 0.585. The summed E-state index contributed by atoms with van der Waals surface area (Å²) in [6.07, 6.45) is 3.86. The molecule has 0 spiro atoms. The molecule has 1 aromatic rings. The summed E-state index contributed by atoms with van der Waals surface area (Å²) in [5, 5.41) is 14.6. The second kappa shape index (κ2) is 4.70. The molecule has 1 atom stereocenters. The molecule has 2 rings (SSSR count). The summed E-state index contributed by atoms with van der Waals surface area (Å²) >= 11 is 0. The number of aliphatic hydroxyl groups is 1. The van der Waals surface area contributed by atoms with Crippen LogP contribution in [0.5, 0.6) is 0 Å². The molecular formula is C12H18N2O2. The molecule has 16 heavy (non-hydrogen) atoms. The van der Waals surface area contributed by atoms with E-state index < -0.39 is 6.10 Å². The van der Waals surface area contributed by atoms with Crippen LogP contribution in [0.15, 0.2) is 17.9 Å². The highest BCUT2D eigenvalue weighted by Crippen LogP contribution is 2.27. The van der Waals surface area contributed by atoms with E-state index in [9.17, 15) is 5.11 Å². The molecule has 1 N–H and O–H groups in total. The van der Waals surface area contributed by atoms with Gasteiger partial charge in [-0.25, -0.2) is 0 Å². The second-order valence-electron chi connectivity index (χ2n) is 4.11. The highest BCUT2D eigenvalue weighted by atomic mass is 16.5. The molecular weight excluding hydrogens is 204 g/mol. The molecule has 0 saturated heterocycles. The summed E-state index contributed by atoms with van der Waals surface area (Å²) in [5.74, 6) is 0. The van der Waals surface area contributed by atoms with Gasteiger partial charge in [0.05, 0.1) is 24.3 Å². The van der Waals surface area contributed by atoms with Gasteiger partial charge in [-0.05, 0) is 30.9 Å². The van der Waals surface area contributed by atoms with Crippen LogP contribution < -0.4 is 0 Å². The summed E-state index contributed by atoms with van der Waals surface area (Å²) in [6.45, 7) is 2.81. The third-order valence-corrected chi connectivity index (χ3v) is 2.92. The van der Waals surface area contributed by atoms with Crippen LogP contribution >= 0.6 is 0 Å². The normalized spacial score (nSPS) is 17.8. The number of hydrogen-bond acceptors (Lipinski definition) is 3. The van der Waals surface area contributed by atoms with E-state index in [-0.39, 0.29) is 0 Å². The topological polar surface area (TPSA) is 47.3 Å². The molecule has 0 saturated carbocycles. The Labute approximate surface area is 95.5 Å². The first kappa shape index (κ1) is 11.2. The number of hydrogen-bond donors (Lipinski definition) is 1. The van der Waals surface area contributed by atoms with Gasteiger partial charge >= 0.3 is 0 Å². The van der Waals surface area contributed by atoms with Gasteiger partial charge in [0.25, 0.3) is 0 Å². The average molecular weight is 222 g/mol. The van der Waals surface area contributed by atoms with Crippen molar-refractivity contribution in [2.24, 2.45) is 7.05 Å². The van der Waals surface area contributed by atoms with E-state index >= 15 is 0 Å². The predicted octanol–water partition coefficient (Wildman–Crippen LogP) is 1.71. The molecule has 1 aliphatic rings. The number of ether oxygens (including phenoxy) is 1. The third-order valence-electron chi connectivity index (χ3n) is 2.92. The second-order valence-corrected chi connectivity index (χ2v) is 4.11. The Kier molecular flexibility index (Phi) is 3.29. The lowest BCUT2D eigenvalue weighted by Crippen LogP contribution is -2.11. The number of aryl methyl sites for hydroxylation is 2. The molecule has 0 bridgehead atoms. The smallest absolute Gasteiger partial charge is 0.120 e. The van der Waals surface area contributed by atoms with Crippen molar-refractivity contribution in [3.63, 3.8) is 0 Å². The van der Waals surface area contributed by atoms with Crippen molar-refractivity contribution >= 4 is 0 Å². The summed E-state index contributed by atoms with van der Waals surface area (Å²) in [6, 6.07) is 1.96. The first-order valence-corrected chi connectivity index (χ1v) is 5.73. The Hall–Kier alpha value is -1.29. The summed E-state index contributed by atoms with van der Waals surface area (Å²) in [7, 11) is 1.86. The van der Waals surface area contributed by atoms with Gasteiger partial charge in [0.2, 0.25) is 0 Å². The fourth-order valence-electron chi connectivity index (χ4n) is 1.95. The SMILES string of the molecule is CCc1cc(C(O)C2=COCCC2)n(C)n1. The average Bonchev–Trinajstić information content (AvgIpc) is 2.71. The van der Waals surface area contributed by atoms with Crippen LogP contribution in [0.25, 0.3) is 0 Å². The Balaban J connectivity index is 2.22. The van der Waals surface area contributed by atoms with Gasteiger partial charge in [-0.3, -0.25) is 4.68 Å². The Morgan fingerprint density at radius 3 is 3.00 bits per heavy atom. The van der Waals surface area contributed by atoms with Gasteiger partial charge < -0.3 is 9.84 Å². The van der Waals surface area contributed by atoms with Crippen molar-refractivity contribution < 1.29 is 9.84 Å². The van der Waals surface area contributed by atoms with Crippen LogP contribution in [0.2, 0.25) is 0 Å². The molecule has 0 amide bonds. The number of rotatable bonds is 3. The fourth-order valence-corrected chi connectivity index (χ4v) is 1.95. The zero-order valence-corrected chi connectivity index (χ0v) is 9.81. The van der Waals surface area contributed by atoms with Crippen molar-refractivity contribution in [2.75, 3.05) is 6.61 Å². The van der Waals surface area contributed by atoms with Crippen LogP contribution in [-0.2, 0) is 18.2 Å². The van der Waals surface area contributed by atoms with Crippen LogP contribution in [0.4, 0.5) is 0 Å². The number of aliphatic hydroxyl groups excluding tert-OH is 1. The maximum Gasteiger partial charge on any atom is 0.120 e. The van der Waals surface area contributed by atoms with E-state index in [4.69, 9.17) is 4.74 Å². The molecule has 2 heterocycles. The molecule has 1 aliphatic heterocycles. The highest BCUT2D eigenvalue weighted by Gasteiger charge is 2.20. The summed E-state index contributed by atoms with van der Waals surface area (Å²) in [4.78, 5) is 0. The molecule has 4 heteroatoms. The van der Waals surface area contributed by atoms with Gasteiger partial charge in [0.1, 0.15) is 6.10 Å². The van der Waals surface area contributed by atoms with Crippen molar-refractivity contribution in [3.05, 3.63) is 29.3 Å². The zero-order chi connectivity index (χ0) is 11.5. The fraction of sp³-hybridized carbons (Fsp3) is 0.583. The predicted molar refractivity (Wildman–Crippen MR) is 60.8 cm³/mol. The largest absolute Gasteiger partial charge is 0.501 e. The van der Waals surface area contributed by atoms with E-state index in [1.807, 2.05) is 13.1 Å². The van der Waals surface area contributed by atoms with Gasteiger partial charge in [0.15, 0.2) is 0 Å². The van der Waals surface area contributed by atoms with E-state index in [1.165, 1.54) is 0 Å².